The summed E-state index contributed by atoms with van der Waals surface area (Å²) in [6, 6.07) is 6.94. The number of benzene rings is 1. The number of hydrogen-bond donors (Lipinski definition) is 2. The van der Waals surface area contributed by atoms with Gasteiger partial charge in [-0.1, -0.05) is 37.5 Å². The SMILES string of the molecule is O=C(O)Cc1ccccc1NC(=O)N1CCCCCCC1. The second-order valence-corrected chi connectivity index (χ2v) is 5.41. The number of likely N-dealkylation sites (tertiary alicyclic amines) is 1. The van der Waals surface area contributed by atoms with Crippen LogP contribution in [0.25, 0.3) is 0 Å². The lowest BCUT2D eigenvalue weighted by Crippen LogP contribution is -2.37. The summed E-state index contributed by atoms with van der Waals surface area (Å²) in [7, 11) is 0. The van der Waals surface area contributed by atoms with Crippen LogP contribution in [0, 0.1) is 0 Å². The number of nitrogens with one attached hydrogen (secondary N) is 1. The third-order valence-electron chi connectivity index (χ3n) is 3.74. The van der Waals surface area contributed by atoms with Crippen molar-refractivity contribution in [1.29, 1.82) is 0 Å². The summed E-state index contributed by atoms with van der Waals surface area (Å²) in [6.45, 7) is 1.54. The van der Waals surface area contributed by atoms with Gasteiger partial charge in [-0.15, -0.1) is 0 Å². The minimum Gasteiger partial charge on any atom is -0.481 e. The minimum atomic E-state index is -0.900. The van der Waals surface area contributed by atoms with E-state index in [1.54, 1.807) is 24.3 Å². The topological polar surface area (TPSA) is 69.6 Å². The zero-order valence-electron chi connectivity index (χ0n) is 12.2. The Morgan fingerprint density at radius 1 is 1.05 bits per heavy atom. The quantitative estimate of drug-likeness (QED) is 0.898. The molecule has 2 amide bonds. The van der Waals surface area contributed by atoms with Crippen LogP contribution in [0.4, 0.5) is 10.5 Å². The van der Waals surface area contributed by atoms with Crippen molar-refractivity contribution in [2.75, 3.05) is 18.4 Å². The van der Waals surface area contributed by atoms with Gasteiger partial charge in [-0.25, -0.2) is 4.79 Å². The predicted octanol–water partition coefficient (Wildman–Crippen LogP) is 3.11. The smallest absolute Gasteiger partial charge is 0.321 e. The summed E-state index contributed by atoms with van der Waals surface area (Å²) in [5, 5.41) is 11.8. The standard InChI is InChI=1S/C16H22N2O3/c19-15(20)12-13-8-4-5-9-14(13)17-16(21)18-10-6-2-1-3-7-11-18/h4-5,8-9H,1-3,6-7,10-12H2,(H,17,21)(H,19,20). The van der Waals surface area contributed by atoms with Crippen LogP contribution < -0.4 is 5.32 Å². The molecule has 0 bridgehead atoms. The van der Waals surface area contributed by atoms with E-state index in [0.717, 1.165) is 25.9 Å². The maximum absolute atomic E-state index is 12.3. The van der Waals surface area contributed by atoms with Gasteiger partial charge in [0.15, 0.2) is 0 Å². The van der Waals surface area contributed by atoms with Gasteiger partial charge in [-0.05, 0) is 24.5 Å². The Kier molecular flexibility index (Phi) is 5.60. The Morgan fingerprint density at radius 2 is 1.67 bits per heavy atom. The molecule has 21 heavy (non-hydrogen) atoms. The van der Waals surface area contributed by atoms with Gasteiger partial charge in [0.1, 0.15) is 0 Å². The second kappa shape index (κ2) is 7.67. The van der Waals surface area contributed by atoms with Gasteiger partial charge in [-0.2, -0.15) is 0 Å². The van der Waals surface area contributed by atoms with Crippen molar-refractivity contribution in [3.8, 4) is 0 Å². The molecule has 0 saturated carbocycles. The molecule has 1 aromatic carbocycles. The Labute approximate surface area is 125 Å². The molecule has 0 radical (unpaired) electrons. The highest BCUT2D eigenvalue weighted by molar-refractivity contribution is 5.91. The molecule has 1 heterocycles. The first kappa shape index (κ1) is 15.4. The third-order valence-corrected chi connectivity index (χ3v) is 3.74. The lowest BCUT2D eigenvalue weighted by Gasteiger charge is -2.25. The van der Waals surface area contributed by atoms with E-state index >= 15 is 0 Å². The van der Waals surface area contributed by atoms with Crippen molar-refractivity contribution < 1.29 is 14.7 Å². The lowest BCUT2D eigenvalue weighted by atomic mass is 10.1. The fourth-order valence-corrected chi connectivity index (χ4v) is 2.60. The van der Waals surface area contributed by atoms with Crippen molar-refractivity contribution in [2.24, 2.45) is 0 Å². The number of rotatable bonds is 3. The number of carbonyl (C=O) groups excluding carboxylic acids is 1. The number of carboxylic acids is 1. The number of carbonyl (C=O) groups is 2. The molecule has 1 aliphatic rings. The maximum atomic E-state index is 12.3. The number of para-hydroxylation sites is 1. The number of hydrogen-bond acceptors (Lipinski definition) is 2. The van der Waals surface area contributed by atoms with E-state index in [1.807, 2.05) is 4.90 Å². The van der Waals surface area contributed by atoms with Gasteiger partial charge in [-0.3, -0.25) is 4.79 Å². The molecule has 114 valence electrons. The molecule has 0 unspecified atom stereocenters. The first-order valence-electron chi connectivity index (χ1n) is 7.52. The molecule has 1 aromatic rings. The van der Waals surface area contributed by atoms with Crippen molar-refractivity contribution in [3.05, 3.63) is 29.8 Å². The van der Waals surface area contributed by atoms with Gasteiger partial charge in [0.05, 0.1) is 6.42 Å². The van der Waals surface area contributed by atoms with Gasteiger partial charge in [0, 0.05) is 18.8 Å². The van der Waals surface area contributed by atoms with Crippen LogP contribution in [0.5, 0.6) is 0 Å². The predicted molar refractivity (Wildman–Crippen MR) is 81.5 cm³/mol. The van der Waals surface area contributed by atoms with Gasteiger partial charge >= 0.3 is 12.0 Å². The molecule has 5 heteroatoms. The summed E-state index contributed by atoms with van der Waals surface area (Å²) in [5.41, 5.74) is 1.22. The van der Waals surface area contributed by atoms with Gasteiger partial charge < -0.3 is 15.3 Å². The van der Waals surface area contributed by atoms with Crippen LogP contribution in [0.15, 0.2) is 24.3 Å². The molecule has 1 saturated heterocycles. The second-order valence-electron chi connectivity index (χ2n) is 5.41. The Balaban J connectivity index is 2.02. The van der Waals surface area contributed by atoms with E-state index in [-0.39, 0.29) is 12.5 Å². The molecular weight excluding hydrogens is 268 g/mol. The van der Waals surface area contributed by atoms with E-state index in [0.29, 0.717) is 11.3 Å². The van der Waals surface area contributed by atoms with Crippen LogP contribution in [-0.2, 0) is 11.2 Å². The molecule has 0 spiro atoms. The molecule has 1 fully saturated rings. The van der Waals surface area contributed by atoms with Crippen molar-refractivity contribution in [1.82, 2.24) is 4.90 Å². The monoisotopic (exact) mass is 290 g/mol. The van der Waals surface area contributed by atoms with E-state index < -0.39 is 5.97 Å². The van der Waals surface area contributed by atoms with Crippen molar-refractivity contribution in [2.45, 2.75) is 38.5 Å². The zero-order chi connectivity index (χ0) is 15.1. The summed E-state index contributed by atoms with van der Waals surface area (Å²) < 4.78 is 0. The van der Waals surface area contributed by atoms with Crippen LogP contribution >= 0.6 is 0 Å². The van der Waals surface area contributed by atoms with Crippen LogP contribution in [0.2, 0.25) is 0 Å². The normalized spacial score (nSPS) is 15.9. The zero-order valence-corrected chi connectivity index (χ0v) is 12.2. The van der Waals surface area contributed by atoms with Crippen LogP contribution in [0.1, 0.15) is 37.7 Å². The molecule has 0 atom stereocenters. The summed E-state index contributed by atoms with van der Waals surface area (Å²) in [4.78, 5) is 25.0. The first-order chi connectivity index (χ1) is 10.2. The molecular formula is C16H22N2O3. The largest absolute Gasteiger partial charge is 0.481 e. The average Bonchev–Trinajstić information content (AvgIpc) is 2.40. The molecule has 0 aliphatic carbocycles. The average molecular weight is 290 g/mol. The van der Waals surface area contributed by atoms with Crippen LogP contribution in [-0.4, -0.2) is 35.1 Å². The Morgan fingerprint density at radius 3 is 2.33 bits per heavy atom. The maximum Gasteiger partial charge on any atom is 0.321 e. The Bertz CT molecular complexity index is 494. The summed E-state index contributed by atoms with van der Waals surface area (Å²) >= 11 is 0. The number of carboxylic acid groups (broad SMARTS) is 1. The number of aliphatic carboxylic acids is 1. The highest BCUT2D eigenvalue weighted by atomic mass is 16.4. The number of urea groups is 1. The minimum absolute atomic E-state index is 0.0869. The van der Waals surface area contributed by atoms with E-state index in [4.69, 9.17) is 5.11 Å². The molecule has 2 rings (SSSR count). The summed E-state index contributed by atoms with van der Waals surface area (Å²) in [6.07, 6.45) is 5.56. The lowest BCUT2D eigenvalue weighted by molar-refractivity contribution is -0.136. The number of amides is 2. The molecule has 2 N–H and O–H groups in total. The van der Waals surface area contributed by atoms with E-state index in [9.17, 15) is 9.59 Å². The summed E-state index contributed by atoms with van der Waals surface area (Å²) in [5.74, 6) is -0.900. The first-order valence-corrected chi connectivity index (χ1v) is 7.52. The van der Waals surface area contributed by atoms with Gasteiger partial charge in [0.2, 0.25) is 0 Å². The molecule has 1 aliphatic heterocycles. The van der Waals surface area contributed by atoms with Crippen molar-refractivity contribution >= 4 is 17.7 Å². The Hall–Kier alpha value is -2.04. The van der Waals surface area contributed by atoms with Gasteiger partial charge in [0.25, 0.3) is 0 Å². The fourth-order valence-electron chi connectivity index (χ4n) is 2.60. The van der Waals surface area contributed by atoms with Crippen molar-refractivity contribution in [3.63, 3.8) is 0 Å². The van der Waals surface area contributed by atoms with E-state index in [2.05, 4.69) is 5.32 Å². The highest BCUT2D eigenvalue weighted by Gasteiger charge is 2.16. The number of anilines is 1. The third kappa shape index (κ3) is 4.77. The number of nitrogens with zero attached hydrogens (tertiary/aromatic N) is 1. The molecule has 5 nitrogen and oxygen atoms in total. The fraction of sp³-hybridized carbons (Fsp3) is 0.500. The molecule has 0 aromatic heterocycles. The highest BCUT2D eigenvalue weighted by Crippen LogP contribution is 2.17. The van der Waals surface area contributed by atoms with E-state index in [1.165, 1.54) is 19.3 Å². The van der Waals surface area contributed by atoms with Crippen LogP contribution in [0.3, 0.4) is 0 Å².